The van der Waals surface area contributed by atoms with Gasteiger partial charge < -0.3 is 10.1 Å². The normalized spacial score (nSPS) is 11.7. The molecule has 1 heterocycles. The molecule has 0 saturated carbocycles. The molecule has 0 radical (unpaired) electrons. The quantitative estimate of drug-likeness (QED) is 0.875. The third-order valence-corrected chi connectivity index (χ3v) is 2.84. The van der Waals surface area contributed by atoms with Gasteiger partial charge in [0.1, 0.15) is 17.9 Å². The van der Waals surface area contributed by atoms with Crippen molar-refractivity contribution in [2.75, 3.05) is 5.32 Å². The standard InChI is InChI=1S/C15H18FN3O/c1-9-14(19-15(2,3)4)18-13-10(7-8-20)11(16)5-6-12(13)17-9/h5-6,8H,7H2,1-4H3,(H,18,19). The smallest absolute Gasteiger partial charge is 0.148 e. The molecule has 1 aromatic carbocycles. The van der Waals surface area contributed by atoms with Crippen LogP contribution in [0.25, 0.3) is 11.0 Å². The van der Waals surface area contributed by atoms with Gasteiger partial charge in [-0.2, -0.15) is 0 Å². The van der Waals surface area contributed by atoms with E-state index in [9.17, 15) is 9.18 Å². The first-order chi connectivity index (χ1) is 9.31. The maximum absolute atomic E-state index is 13.8. The van der Waals surface area contributed by atoms with Gasteiger partial charge in [0.05, 0.1) is 16.7 Å². The molecule has 0 aliphatic carbocycles. The number of hydrogen-bond donors (Lipinski definition) is 1. The molecule has 2 aromatic rings. The van der Waals surface area contributed by atoms with Crippen molar-refractivity contribution in [1.29, 1.82) is 0 Å². The molecule has 0 atom stereocenters. The van der Waals surface area contributed by atoms with Crippen LogP contribution < -0.4 is 5.32 Å². The summed E-state index contributed by atoms with van der Waals surface area (Å²) in [6, 6.07) is 2.91. The van der Waals surface area contributed by atoms with Gasteiger partial charge >= 0.3 is 0 Å². The summed E-state index contributed by atoms with van der Waals surface area (Å²) in [6.45, 7) is 7.88. The Balaban J connectivity index is 2.65. The monoisotopic (exact) mass is 275 g/mol. The predicted octanol–water partition coefficient (Wildman–Crippen LogP) is 3.03. The SMILES string of the molecule is Cc1nc2ccc(F)c(CC=O)c2nc1NC(C)(C)C. The Hall–Kier alpha value is -2.04. The number of hydrogen-bond acceptors (Lipinski definition) is 4. The zero-order valence-electron chi connectivity index (χ0n) is 12.1. The lowest BCUT2D eigenvalue weighted by atomic mass is 10.1. The molecular weight excluding hydrogens is 257 g/mol. The minimum absolute atomic E-state index is 0.00410. The highest BCUT2D eigenvalue weighted by Crippen LogP contribution is 2.24. The number of aromatic nitrogens is 2. The Labute approximate surface area is 117 Å². The first-order valence-corrected chi connectivity index (χ1v) is 6.49. The van der Waals surface area contributed by atoms with E-state index in [1.165, 1.54) is 6.07 Å². The van der Waals surface area contributed by atoms with Crippen molar-refractivity contribution >= 4 is 23.1 Å². The van der Waals surface area contributed by atoms with Gasteiger partial charge in [0.2, 0.25) is 0 Å². The molecule has 2 rings (SSSR count). The minimum atomic E-state index is -0.426. The van der Waals surface area contributed by atoms with Crippen LogP contribution >= 0.6 is 0 Å². The predicted molar refractivity (Wildman–Crippen MR) is 77.4 cm³/mol. The summed E-state index contributed by atoms with van der Waals surface area (Å²) >= 11 is 0. The van der Waals surface area contributed by atoms with Crippen molar-refractivity contribution in [2.24, 2.45) is 0 Å². The van der Waals surface area contributed by atoms with Crippen LogP contribution in [0.1, 0.15) is 32.0 Å². The Bertz CT molecular complexity index is 662. The molecular formula is C15H18FN3O. The van der Waals surface area contributed by atoms with Crippen LogP contribution in [-0.4, -0.2) is 21.8 Å². The highest BCUT2D eigenvalue weighted by atomic mass is 19.1. The van der Waals surface area contributed by atoms with Gasteiger partial charge in [-0.05, 0) is 39.8 Å². The fourth-order valence-corrected chi connectivity index (χ4v) is 1.99. The maximum Gasteiger partial charge on any atom is 0.148 e. The second-order valence-electron chi connectivity index (χ2n) is 5.80. The highest BCUT2D eigenvalue weighted by Gasteiger charge is 2.16. The number of benzene rings is 1. The minimum Gasteiger partial charge on any atom is -0.364 e. The van der Waals surface area contributed by atoms with E-state index >= 15 is 0 Å². The second kappa shape index (κ2) is 5.15. The summed E-state index contributed by atoms with van der Waals surface area (Å²) in [5.74, 6) is 0.187. The third-order valence-electron chi connectivity index (χ3n) is 2.84. The molecule has 0 saturated heterocycles. The number of anilines is 1. The second-order valence-corrected chi connectivity index (χ2v) is 5.80. The molecule has 5 heteroatoms. The van der Waals surface area contributed by atoms with Crippen LogP contribution in [-0.2, 0) is 11.2 Å². The van der Waals surface area contributed by atoms with Crippen LogP contribution in [0.2, 0.25) is 0 Å². The molecule has 4 nitrogen and oxygen atoms in total. The molecule has 0 aliphatic heterocycles. The Morgan fingerprint density at radius 3 is 2.60 bits per heavy atom. The van der Waals surface area contributed by atoms with E-state index in [1.807, 2.05) is 27.7 Å². The number of carbonyl (C=O) groups excluding carboxylic acids is 1. The third kappa shape index (κ3) is 2.92. The number of fused-ring (bicyclic) bond motifs is 1. The Kier molecular flexibility index (Phi) is 3.70. The average molecular weight is 275 g/mol. The summed E-state index contributed by atoms with van der Waals surface area (Å²) in [4.78, 5) is 19.6. The zero-order chi connectivity index (χ0) is 14.9. The summed E-state index contributed by atoms with van der Waals surface area (Å²) in [7, 11) is 0. The Morgan fingerprint density at radius 1 is 1.30 bits per heavy atom. The fraction of sp³-hybridized carbons (Fsp3) is 0.400. The largest absolute Gasteiger partial charge is 0.364 e. The number of nitrogens with one attached hydrogen (secondary N) is 1. The maximum atomic E-state index is 13.8. The molecule has 0 aliphatic rings. The summed E-state index contributed by atoms with van der Waals surface area (Å²) in [6.07, 6.45) is 0.673. The van der Waals surface area contributed by atoms with Gasteiger partial charge in [-0.15, -0.1) is 0 Å². The summed E-state index contributed by atoms with van der Waals surface area (Å²) < 4.78 is 13.8. The van der Waals surface area contributed by atoms with E-state index in [1.54, 1.807) is 6.07 Å². The van der Waals surface area contributed by atoms with Crippen LogP contribution in [0.5, 0.6) is 0 Å². The molecule has 0 spiro atoms. The van der Waals surface area contributed by atoms with Crippen molar-refractivity contribution in [3.8, 4) is 0 Å². The van der Waals surface area contributed by atoms with Crippen LogP contribution in [0.15, 0.2) is 12.1 Å². The summed E-state index contributed by atoms with van der Waals surface area (Å²) in [5, 5.41) is 3.25. The van der Waals surface area contributed by atoms with E-state index in [0.717, 1.165) is 5.69 Å². The summed E-state index contributed by atoms with van der Waals surface area (Å²) in [5.41, 5.74) is 1.90. The van der Waals surface area contributed by atoms with Crippen LogP contribution in [0.4, 0.5) is 10.2 Å². The molecule has 0 amide bonds. The average Bonchev–Trinajstić information content (AvgIpc) is 2.33. The number of aryl methyl sites for hydroxylation is 1. The van der Waals surface area contributed by atoms with Gasteiger partial charge in [0.15, 0.2) is 0 Å². The number of rotatable bonds is 3. The van der Waals surface area contributed by atoms with Gasteiger partial charge in [-0.25, -0.2) is 14.4 Å². The van der Waals surface area contributed by atoms with Crippen LogP contribution in [0.3, 0.4) is 0 Å². The molecule has 20 heavy (non-hydrogen) atoms. The molecule has 0 bridgehead atoms. The van der Waals surface area contributed by atoms with E-state index in [-0.39, 0.29) is 12.0 Å². The molecule has 1 aromatic heterocycles. The van der Waals surface area contributed by atoms with E-state index in [4.69, 9.17) is 0 Å². The van der Waals surface area contributed by atoms with Crippen LogP contribution in [0, 0.1) is 12.7 Å². The van der Waals surface area contributed by atoms with Gasteiger partial charge in [0, 0.05) is 17.5 Å². The molecule has 1 N–H and O–H groups in total. The molecule has 106 valence electrons. The molecule has 0 fully saturated rings. The van der Waals surface area contributed by atoms with Crippen molar-refractivity contribution in [3.05, 3.63) is 29.2 Å². The first-order valence-electron chi connectivity index (χ1n) is 6.49. The van der Waals surface area contributed by atoms with Crippen molar-refractivity contribution in [2.45, 2.75) is 39.7 Å². The number of carbonyl (C=O) groups is 1. The lowest BCUT2D eigenvalue weighted by molar-refractivity contribution is -0.107. The fourth-order valence-electron chi connectivity index (χ4n) is 1.99. The lowest BCUT2D eigenvalue weighted by Gasteiger charge is -2.22. The van der Waals surface area contributed by atoms with E-state index < -0.39 is 5.82 Å². The molecule has 0 unspecified atom stereocenters. The topological polar surface area (TPSA) is 54.9 Å². The number of aldehydes is 1. The van der Waals surface area contributed by atoms with Crippen molar-refractivity contribution < 1.29 is 9.18 Å². The zero-order valence-corrected chi connectivity index (χ0v) is 12.1. The van der Waals surface area contributed by atoms with Crippen molar-refractivity contribution in [1.82, 2.24) is 9.97 Å². The van der Waals surface area contributed by atoms with Gasteiger partial charge in [-0.3, -0.25) is 0 Å². The Morgan fingerprint density at radius 2 is 2.00 bits per heavy atom. The number of nitrogens with zero attached hydrogens (tertiary/aromatic N) is 2. The lowest BCUT2D eigenvalue weighted by Crippen LogP contribution is -2.27. The first kappa shape index (κ1) is 14.4. The van der Waals surface area contributed by atoms with E-state index in [2.05, 4.69) is 15.3 Å². The van der Waals surface area contributed by atoms with Crippen molar-refractivity contribution in [3.63, 3.8) is 0 Å². The van der Waals surface area contributed by atoms with Gasteiger partial charge in [0.25, 0.3) is 0 Å². The highest BCUT2D eigenvalue weighted by molar-refractivity contribution is 5.82. The van der Waals surface area contributed by atoms with Gasteiger partial charge in [-0.1, -0.05) is 0 Å². The van der Waals surface area contributed by atoms with E-state index in [0.29, 0.717) is 28.7 Å². The number of halogens is 1.